The van der Waals surface area contributed by atoms with E-state index in [4.69, 9.17) is 9.26 Å². The number of aryl methyl sites for hydroxylation is 2. The Hall–Kier alpha value is -1.36. The minimum Gasteiger partial charge on any atom is -0.376 e. The third kappa shape index (κ3) is 7.10. The standard InChI is InChI=1S/C17H29N5O3.HI/c1-12-15(13(2)25-21-12)10-19-17(20-11-16(23)22(3)4)18-9-14-7-5-6-8-24-14;/h14H,5-11H2,1-4H3,(H2,18,19,20);1H. The summed E-state index contributed by atoms with van der Waals surface area (Å²) in [5, 5.41) is 10.3. The van der Waals surface area contributed by atoms with Gasteiger partial charge in [0.25, 0.3) is 0 Å². The number of likely N-dealkylation sites (N-methyl/N-ethyl adjacent to an activating group) is 1. The predicted octanol–water partition coefficient (Wildman–Crippen LogP) is 1.60. The SMILES string of the molecule is Cc1noc(C)c1CN=C(NCC(=O)N(C)C)NCC1CCCCO1.I. The lowest BCUT2D eigenvalue weighted by Crippen LogP contribution is -2.45. The molecular formula is C17H30IN5O3. The van der Waals surface area contributed by atoms with Gasteiger partial charge >= 0.3 is 0 Å². The molecule has 1 aliphatic rings. The van der Waals surface area contributed by atoms with Crippen molar-refractivity contribution in [3.8, 4) is 0 Å². The summed E-state index contributed by atoms with van der Waals surface area (Å²) in [6, 6.07) is 0. The largest absolute Gasteiger partial charge is 0.376 e. The molecule has 1 saturated heterocycles. The Balaban J connectivity index is 0.00000338. The summed E-state index contributed by atoms with van der Waals surface area (Å²) in [6.45, 7) is 5.88. The molecule has 0 bridgehead atoms. The van der Waals surface area contributed by atoms with Crippen LogP contribution in [0, 0.1) is 13.8 Å². The number of amides is 1. The van der Waals surface area contributed by atoms with Crippen LogP contribution in [0.5, 0.6) is 0 Å². The molecule has 0 aromatic carbocycles. The first kappa shape index (κ1) is 22.7. The van der Waals surface area contributed by atoms with Gasteiger partial charge in [0.15, 0.2) is 5.96 Å². The van der Waals surface area contributed by atoms with Gasteiger partial charge in [-0.1, -0.05) is 5.16 Å². The number of nitrogens with zero attached hydrogens (tertiary/aromatic N) is 3. The molecule has 8 nitrogen and oxygen atoms in total. The van der Waals surface area contributed by atoms with Crippen LogP contribution in [0.15, 0.2) is 9.52 Å². The highest BCUT2D eigenvalue weighted by Crippen LogP contribution is 2.13. The topological polar surface area (TPSA) is 92.0 Å². The van der Waals surface area contributed by atoms with Crippen molar-refractivity contribution >= 4 is 35.8 Å². The second-order valence-corrected chi connectivity index (χ2v) is 6.48. The minimum absolute atomic E-state index is 0. The highest BCUT2D eigenvalue weighted by atomic mass is 127. The molecule has 1 aliphatic heterocycles. The molecule has 2 N–H and O–H groups in total. The number of hydrogen-bond acceptors (Lipinski definition) is 5. The summed E-state index contributed by atoms with van der Waals surface area (Å²) >= 11 is 0. The zero-order valence-corrected chi connectivity index (χ0v) is 18.3. The van der Waals surface area contributed by atoms with Crippen molar-refractivity contribution in [3.05, 3.63) is 17.0 Å². The molecule has 1 aromatic heterocycles. The maximum Gasteiger partial charge on any atom is 0.241 e. The van der Waals surface area contributed by atoms with Gasteiger partial charge in [-0.25, -0.2) is 4.99 Å². The van der Waals surface area contributed by atoms with E-state index < -0.39 is 0 Å². The van der Waals surface area contributed by atoms with Crippen LogP contribution in [0.1, 0.15) is 36.3 Å². The Bertz CT molecular complexity index is 578. The van der Waals surface area contributed by atoms with E-state index in [9.17, 15) is 4.79 Å². The number of carbonyl (C=O) groups is 1. The molecule has 0 saturated carbocycles. The first-order valence-corrected chi connectivity index (χ1v) is 8.73. The van der Waals surface area contributed by atoms with E-state index in [0.29, 0.717) is 19.0 Å². The lowest BCUT2D eigenvalue weighted by Gasteiger charge is -2.24. The van der Waals surface area contributed by atoms with Gasteiger partial charge in [0.05, 0.1) is 24.9 Å². The fraction of sp³-hybridized carbons (Fsp3) is 0.706. The molecule has 0 aliphatic carbocycles. The van der Waals surface area contributed by atoms with E-state index in [-0.39, 0.29) is 42.5 Å². The summed E-state index contributed by atoms with van der Waals surface area (Å²) in [7, 11) is 3.46. The molecule has 1 amide bonds. The Morgan fingerprint density at radius 2 is 2.08 bits per heavy atom. The van der Waals surface area contributed by atoms with Crippen molar-refractivity contribution in [1.29, 1.82) is 0 Å². The van der Waals surface area contributed by atoms with Crippen LogP contribution in [0.25, 0.3) is 0 Å². The third-order valence-electron chi connectivity index (χ3n) is 4.25. The van der Waals surface area contributed by atoms with Crippen LogP contribution >= 0.6 is 24.0 Å². The van der Waals surface area contributed by atoms with Gasteiger partial charge in [0, 0.05) is 32.8 Å². The highest BCUT2D eigenvalue weighted by molar-refractivity contribution is 14.0. The second kappa shape index (κ2) is 11.4. The van der Waals surface area contributed by atoms with Crippen LogP contribution in [-0.4, -0.2) is 61.8 Å². The number of ether oxygens (including phenoxy) is 1. The zero-order chi connectivity index (χ0) is 18.2. The average molecular weight is 479 g/mol. The summed E-state index contributed by atoms with van der Waals surface area (Å²) in [5.74, 6) is 1.34. The summed E-state index contributed by atoms with van der Waals surface area (Å²) in [5.41, 5.74) is 1.80. The van der Waals surface area contributed by atoms with E-state index in [1.165, 1.54) is 6.42 Å². The molecule has 0 spiro atoms. The average Bonchev–Trinajstić information content (AvgIpc) is 2.93. The Morgan fingerprint density at radius 3 is 2.65 bits per heavy atom. The number of nitrogens with one attached hydrogen (secondary N) is 2. The molecule has 1 unspecified atom stereocenters. The van der Waals surface area contributed by atoms with Crippen LogP contribution in [0.3, 0.4) is 0 Å². The number of guanidine groups is 1. The summed E-state index contributed by atoms with van der Waals surface area (Å²) in [4.78, 5) is 17.9. The molecule has 1 fully saturated rings. The quantitative estimate of drug-likeness (QED) is 0.366. The highest BCUT2D eigenvalue weighted by Gasteiger charge is 2.15. The number of aliphatic imine (C=N–C) groups is 1. The normalized spacial score (nSPS) is 17.4. The summed E-state index contributed by atoms with van der Waals surface area (Å²) in [6.07, 6.45) is 3.54. The Labute approximate surface area is 172 Å². The zero-order valence-electron chi connectivity index (χ0n) is 16.0. The van der Waals surface area contributed by atoms with E-state index in [1.54, 1.807) is 19.0 Å². The van der Waals surface area contributed by atoms with Crippen molar-refractivity contribution in [3.63, 3.8) is 0 Å². The van der Waals surface area contributed by atoms with Gasteiger partial charge in [-0.15, -0.1) is 24.0 Å². The van der Waals surface area contributed by atoms with Crippen molar-refractivity contribution in [2.45, 2.75) is 45.8 Å². The monoisotopic (exact) mass is 479 g/mol. The molecule has 9 heteroatoms. The number of rotatable bonds is 6. The molecule has 2 rings (SSSR count). The van der Waals surface area contributed by atoms with Crippen molar-refractivity contribution in [2.75, 3.05) is 33.8 Å². The second-order valence-electron chi connectivity index (χ2n) is 6.48. The van der Waals surface area contributed by atoms with Gasteiger partial charge in [-0.3, -0.25) is 4.79 Å². The molecular weight excluding hydrogens is 449 g/mol. The van der Waals surface area contributed by atoms with Crippen LogP contribution < -0.4 is 10.6 Å². The van der Waals surface area contributed by atoms with Gasteiger partial charge in [0.2, 0.25) is 5.91 Å². The predicted molar refractivity (Wildman–Crippen MR) is 111 cm³/mol. The molecule has 2 heterocycles. The van der Waals surface area contributed by atoms with E-state index in [0.717, 1.165) is 36.5 Å². The van der Waals surface area contributed by atoms with Crippen molar-refractivity contribution in [1.82, 2.24) is 20.7 Å². The van der Waals surface area contributed by atoms with Crippen LogP contribution in [-0.2, 0) is 16.1 Å². The van der Waals surface area contributed by atoms with Crippen LogP contribution in [0.2, 0.25) is 0 Å². The number of halogens is 1. The van der Waals surface area contributed by atoms with Crippen molar-refractivity contribution in [2.24, 2.45) is 4.99 Å². The first-order chi connectivity index (χ1) is 12.0. The Morgan fingerprint density at radius 1 is 1.31 bits per heavy atom. The minimum atomic E-state index is -0.0132. The van der Waals surface area contributed by atoms with E-state index >= 15 is 0 Å². The van der Waals surface area contributed by atoms with Gasteiger partial charge in [-0.05, 0) is 33.1 Å². The molecule has 148 valence electrons. The molecule has 26 heavy (non-hydrogen) atoms. The molecule has 1 aromatic rings. The number of aromatic nitrogens is 1. The fourth-order valence-electron chi connectivity index (χ4n) is 2.56. The number of carbonyl (C=O) groups excluding carboxylic acids is 1. The van der Waals surface area contributed by atoms with Gasteiger partial charge in [0.1, 0.15) is 5.76 Å². The van der Waals surface area contributed by atoms with E-state index in [1.807, 2.05) is 13.8 Å². The first-order valence-electron chi connectivity index (χ1n) is 8.73. The van der Waals surface area contributed by atoms with Gasteiger partial charge in [-0.2, -0.15) is 0 Å². The van der Waals surface area contributed by atoms with E-state index in [2.05, 4.69) is 20.8 Å². The maximum atomic E-state index is 11.8. The fourth-order valence-corrected chi connectivity index (χ4v) is 2.56. The summed E-state index contributed by atoms with van der Waals surface area (Å²) < 4.78 is 10.9. The number of hydrogen-bond donors (Lipinski definition) is 2. The van der Waals surface area contributed by atoms with Crippen molar-refractivity contribution < 1.29 is 14.1 Å². The lowest BCUT2D eigenvalue weighted by molar-refractivity contribution is -0.127. The van der Waals surface area contributed by atoms with Crippen LogP contribution in [0.4, 0.5) is 0 Å². The smallest absolute Gasteiger partial charge is 0.241 e. The van der Waals surface area contributed by atoms with Gasteiger partial charge < -0.3 is 24.8 Å². The lowest BCUT2D eigenvalue weighted by atomic mass is 10.1. The molecule has 0 radical (unpaired) electrons. The Kier molecular flexibility index (Phi) is 9.92. The third-order valence-corrected chi connectivity index (χ3v) is 4.25. The maximum absolute atomic E-state index is 11.8. The molecule has 1 atom stereocenters.